The second-order valence-electron chi connectivity index (χ2n) is 2.56. The van der Waals surface area contributed by atoms with Crippen LogP contribution in [0.15, 0.2) is 29.5 Å². The average molecular weight is 311 g/mol. The Bertz CT molecular complexity index is 375. The van der Waals surface area contributed by atoms with Gasteiger partial charge in [0.25, 0.3) is 5.56 Å². The lowest BCUT2D eigenvalue weighted by atomic mass is 10.3. The summed E-state index contributed by atoms with van der Waals surface area (Å²) in [4.78, 5) is 15.4. The molecule has 0 aliphatic rings. The van der Waals surface area contributed by atoms with Gasteiger partial charge in [0, 0.05) is 18.6 Å². The largest absolute Gasteiger partial charge is 0.294 e. The van der Waals surface area contributed by atoms with E-state index in [1.807, 2.05) is 22.6 Å². The molecule has 13 heavy (non-hydrogen) atoms. The van der Waals surface area contributed by atoms with E-state index in [1.165, 1.54) is 17.1 Å². The summed E-state index contributed by atoms with van der Waals surface area (Å²) >= 11 is 7.51. The van der Waals surface area contributed by atoms with Crippen LogP contribution >= 0.6 is 34.2 Å². The molecule has 0 saturated heterocycles. The standard InChI is InChI=1S/C8H8ClIN2O/c1-6(2-9)4-12-5-11-3-7(10)8(12)13/h3,5H,1-2,4H2. The number of hydrogen-bond donors (Lipinski definition) is 0. The minimum absolute atomic E-state index is 0.0538. The Kier molecular flexibility index (Phi) is 3.92. The molecule has 0 spiro atoms. The summed E-state index contributed by atoms with van der Waals surface area (Å²) in [5.74, 6) is 0.359. The van der Waals surface area contributed by atoms with Crippen LogP contribution in [-0.4, -0.2) is 15.4 Å². The highest BCUT2D eigenvalue weighted by Gasteiger charge is 2.01. The Morgan fingerprint density at radius 2 is 2.46 bits per heavy atom. The van der Waals surface area contributed by atoms with Gasteiger partial charge in [-0.3, -0.25) is 9.36 Å². The highest BCUT2D eigenvalue weighted by molar-refractivity contribution is 14.1. The molecule has 0 aliphatic carbocycles. The Morgan fingerprint density at radius 3 is 3.08 bits per heavy atom. The first-order valence-corrected chi connectivity index (χ1v) is 5.19. The van der Waals surface area contributed by atoms with Crippen molar-refractivity contribution in [2.24, 2.45) is 0 Å². The van der Waals surface area contributed by atoms with Gasteiger partial charge in [-0.2, -0.15) is 0 Å². The van der Waals surface area contributed by atoms with Gasteiger partial charge >= 0.3 is 0 Å². The molecule has 0 unspecified atom stereocenters. The van der Waals surface area contributed by atoms with Crippen molar-refractivity contribution in [3.63, 3.8) is 0 Å². The van der Waals surface area contributed by atoms with Gasteiger partial charge in [-0.25, -0.2) is 4.98 Å². The lowest BCUT2D eigenvalue weighted by Gasteiger charge is -2.04. The fraction of sp³-hybridized carbons (Fsp3) is 0.250. The van der Waals surface area contributed by atoms with Crippen LogP contribution in [-0.2, 0) is 6.54 Å². The van der Waals surface area contributed by atoms with Crippen molar-refractivity contribution in [3.05, 3.63) is 38.6 Å². The van der Waals surface area contributed by atoms with Crippen molar-refractivity contribution in [3.8, 4) is 0 Å². The Balaban J connectivity index is 2.96. The van der Waals surface area contributed by atoms with Gasteiger partial charge in [0.2, 0.25) is 0 Å². The number of alkyl halides is 1. The van der Waals surface area contributed by atoms with Crippen LogP contribution in [0.2, 0.25) is 0 Å². The molecule has 0 aliphatic heterocycles. The van der Waals surface area contributed by atoms with Crippen LogP contribution in [0.3, 0.4) is 0 Å². The molecule has 1 aromatic rings. The minimum Gasteiger partial charge on any atom is -0.294 e. The molecule has 70 valence electrons. The van der Waals surface area contributed by atoms with E-state index in [0.717, 1.165) is 5.57 Å². The van der Waals surface area contributed by atoms with E-state index >= 15 is 0 Å². The SMILES string of the molecule is C=C(CCl)Cn1cncc(I)c1=O. The van der Waals surface area contributed by atoms with E-state index in [0.29, 0.717) is 16.0 Å². The van der Waals surface area contributed by atoms with E-state index in [2.05, 4.69) is 11.6 Å². The number of allylic oxidation sites excluding steroid dienone is 1. The number of rotatable bonds is 3. The van der Waals surface area contributed by atoms with Crippen LogP contribution in [0.25, 0.3) is 0 Å². The van der Waals surface area contributed by atoms with Gasteiger partial charge in [-0.15, -0.1) is 11.6 Å². The van der Waals surface area contributed by atoms with E-state index in [1.54, 1.807) is 0 Å². The van der Waals surface area contributed by atoms with Gasteiger partial charge < -0.3 is 0 Å². The summed E-state index contributed by atoms with van der Waals surface area (Å²) in [7, 11) is 0. The molecule has 0 radical (unpaired) electrons. The third kappa shape index (κ3) is 2.80. The predicted octanol–water partition coefficient (Wildman–Crippen LogP) is 1.64. The van der Waals surface area contributed by atoms with Gasteiger partial charge in [-0.1, -0.05) is 6.58 Å². The summed E-state index contributed by atoms with van der Waals surface area (Å²) in [5, 5.41) is 0. The summed E-state index contributed by atoms with van der Waals surface area (Å²) in [6.07, 6.45) is 3.02. The summed E-state index contributed by atoms with van der Waals surface area (Å²) in [5.41, 5.74) is 0.745. The monoisotopic (exact) mass is 310 g/mol. The van der Waals surface area contributed by atoms with Crippen molar-refractivity contribution in [1.82, 2.24) is 9.55 Å². The van der Waals surface area contributed by atoms with Gasteiger partial charge in [0.1, 0.15) is 0 Å². The quantitative estimate of drug-likeness (QED) is 0.483. The maximum Gasteiger partial charge on any atom is 0.267 e. The van der Waals surface area contributed by atoms with Crippen LogP contribution in [0.5, 0.6) is 0 Å². The van der Waals surface area contributed by atoms with Crippen LogP contribution in [0.4, 0.5) is 0 Å². The van der Waals surface area contributed by atoms with E-state index in [4.69, 9.17) is 11.6 Å². The topological polar surface area (TPSA) is 34.9 Å². The molecule has 0 bridgehead atoms. The van der Waals surface area contributed by atoms with Crippen molar-refractivity contribution in [2.45, 2.75) is 6.54 Å². The lowest BCUT2D eigenvalue weighted by molar-refractivity contribution is 0.722. The second-order valence-corrected chi connectivity index (χ2v) is 3.99. The number of hydrogen-bond acceptors (Lipinski definition) is 2. The molecular formula is C8H8ClIN2O. The second kappa shape index (κ2) is 4.76. The number of nitrogens with zero attached hydrogens (tertiary/aromatic N) is 2. The average Bonchev–Trinajstić information content (AvgIpc) is 2.13. The zero-order chi connectivity index (χ0) is 9.84. The molecule has 0 aromatic carbocycles. The molecule has 0 atom stereocenters. The molecule has 1 rings (SSSR count). The summed E-state index contributed by atoms with van der Waals surface area (Å²) in [6, 6.07) is 0. The summed E-state index contributed by atoms with van der Waals surface area (Å²) < 4.78 is 2.09. The first-order chi connectivity index (χ1) is 6.15. The molecule has 0 saturated carbocycles. The highest BCUT2D eigenvalue weighted by Crippen LogP contribution is 1.98. The molecule has 1 heterocycles. The van der Waals surface area contributed by atoms with E-state index in [9.17, 15) is 4.79 Å². The zero-order valence-corrected chi connectivity index (χ0v) is 9.75. The Labute approximate surface area is 94.6 Å². The highest BCUT2D eigenvalue weighted by atomic mass is 127. The normalized spacial score (nSPS) is 10.0. The number of aromatic nitrogens is 2. The molecule has 0 N–H and O–H groups in total. The summed E-state index contributed by atoms with van der Waals surface area (Å²) in [6.45, 7) is 4.15. The molecule has 1 aromatic heterocycles. The fourth-order valence-corrected chi connectivity index (χ4v) is 1.38. The molecule has 0 amide bonds. The van der Waals surface area contributed by atoms with Crippen LogP contribution in [0.1, 0.15) is 0 Å². The maximum atomic E-state index is 11.5. The number of halogens is 2. The van der Waals surface area contributed by atoms with Crippen molar-refractivity contribution < 1.29 is 0 Å². The van der Waals surface area contributed by atoms with Gasteiger partial charge in [0.05, 0.1) is 9.90 Å². The molecule has 0 fully saturated rings. The first-order valence-electron chi connectivity index (χ1n) is 3.57. The van der Waals surface area contributed by atoms with E-state index in [-0.39, 0.29) is 5.56 Å². The predicted molar refractivity (Wildman–Crippen MR) is 61.1 cm³/mol. The van der Waals surface area contributed by atoms with Gasteiger partial charge in [0.15, 0.2) is 0 Å². The smallest absolute Gasteiger partial charge is 0.267 e. The Hall–Kier alpha value is -0.360. The van der Waals surface area contributed by atoms with E-state index < -0.39 is 0 Å². The molecule has 5 heteroatoms. The maximum absolute atomic E-state index is 11.5. The first kappa shape index (κ1) is 10.7. The third-order valence-electron chi connectivity index (χ3n) is 1.44. The Morgan fingerprint density at radius 1 is 1.77 bits per heavy atom. The van der Waals surface area contributed by atoms with Crippen LogP contribution < -0.4 is 5.56 Å². The van der Waals surface area contributed by atoms with Crippen molar-refractivity contribution in [1.29, 1.82) is 0 Å². The van der Waals surface area contributed by atoms with Crippen molar-refractivity contribution in [2.75, 3.05) is 5.88 Å². The van der Waals surface area contributed by atoms with Gasteiger partial charge in [-0.05, 0) is 28.2 Å². The third-order valence-corrected chi connectivity index (χ3v) is 2.56. The zero-order valence-electron chi connectivity index (χ0n) is 6.83. The molecule has 3 nitrogen and oxygen atoms in total. The fourth-order valence-electron chi connectivity index (χ4n) is 0.820. The lowest BCUT2D eigenvalue weighted by Crippen LogP contribution is -2.23. The minimum atomic E-state index is -0.0538. The van der Waals surface area contributed by atoms with Crippen molar-refractivity contribution >= 4 is 34.2 Å². The molecular weight excluding hydrogens is 302 g/mol. The van der Waals surface area contributed by atoms with Crippen LogP contribution in [0, 0.1) is 3.57 Å².